The number of benzene rings is 1. The highest BCUT2D eigenvalue weighted by Gasteiger charge is 2.33. The van der Waals surface area contributed by atoms with Gasteiger partial charge in [0.05, 0.1) is 17.9 Å². The van der Waals surface area contributed by atoms with Gasteiger partial charge in [0.25, 0.3) is 5.91 Å². The molecule has 35 heavy (non-hydrogen) atoms. The van der Waals surface area contributed by atoms with Gasteiger partial charge in [-0.3, -0.25) is 4.79 Å². The zero-order valence-corrected chi connectivity index (χ0v) is 20.8. The third-order valence-corrected chi connectivity index (χ3v) is 6.07. The number of nitrogens with zero attached hydrogens (tertiary/aromatic N) is 4. The Bertz CT molecular complexity index is 1050. The Morgan fingerprint density at radius 2 is 2.00 bits per heavy atom. The zero-order chi connectivity index (χ0) is 25.5. The number of ether oxygens (including phenoxy) is 1. The van der Waals surface area contributed by atoms with Gasteiger partial charge in [0.15, 0.2) is 0 Å². The molecule has 1 fully saturated rings. The van der Waals surface area contributed by atoms with Crippen molar-refractivity contribution >= 4 is 17.7 Å². The number of carbonyl (C=O) groups is 2. The summed E-state index contributed by atoms with van der Waals surface area (Å²) in [5, 5.41) is 12.3. The monoisotopic (exact) mass is 487 g/mol. The topological polar surface area (TPSA) is 98.2 Å². The third-order valence-electron chi connectivity index (χ3n) is 6.07. The van der Waals surface area contributed by atoms with Crippen LogP contribution in [0.3, 0.4) is 0 Å². The highest BCUT2D eigenvalue weighted by Crippen LogP contribution is 2.36. The first-order valence-electron chi connectivity index (χ1n) is 11.9. The molecule has 1 saturated heterocycles. The van der Waals surface area contributed by atoms with Gasteiger partial charge in [-0.25, -0.2) is 14.2 Å². The average Bonchev–Trinajstić information content (AvgIpc) is 2.83. The van der Waals surface area contributed by atoms with Gasteiger partial charge >= 0.3 is 6.09 Å². The molecule has 2 aromatic rings. The van der Waals surface area contributed by atoms with E-state index in [0.717, 1.165) is 0 Å². The summed E-state index contributed by atoms with van der Waals surface area (Å²) in [5.41, 5.74) is 1.07. The molecule has 9 nitrogen and oxygen atoms in total. The number of nitrogens with one attached hydrogen (secondary N) is 1. The molecule has 0 aliphatic carbocycles. The quantitative estimate of drug-likeness (QED) is 0.561. The fourth-order valence-electron chi connectivity index (χ4n) is 4.25. The van der Waals surface area contributed by atoms with E-state index in [-0.39, 0.29) is 30.3 Å². The number of pyridine rings is 1. The van der Waals surface area contributed by atoms with Crippen molar-refractivity contribution in [2.75, 3.05) is 58.3 Å². The summed E-state index contributed by atoms with van der Waals surface area (Å²) in [7, 11) is 3.79. The van der Waals surface area contributed by atoms with Gasteiger partial charge in [-0.2, -0.15) is 0 Å². The molecule has 2 N–H and O–H groups in total. The molecule has 190 valence electrons. The molecule has 10 heteroatoms. The largest absolute Gasteiger partial charge is 0.478 e. The van der Waals surface area contributed by atoms with Crippen LogP contribution in [0.2, 0.25) is 0 Å². The molecule has 0 saturated carbocycles. The van der Waals surface area contributed by atoms with E-state index in [4.69, 9.17) is 4.74 Å². The van der Waals surface area contributed by atoms with Crippen molar-refractivity contribution in [2.45, 2.75) is 26.3 Å². The van der Waals surface area contributed by atoms with Crippen LogP contribution in [-0.2, 0) is 0 Å². The molecule has 1 aliphatic heterocycles. The first-order valence-corrected chi connectivity index (χ1v) is 11.9. The van der Waals surface area contributed by atoms with Crippen LogP contribution in [-0.4, -0.2) is 91.4 Å². The summed E-state index contributed by atoms with van der Waals surface area (Å²) in [6.45, 7) is 6.02. The van der Waals surface area contributed by atoms with E-state index < -0.39 is 17.8 Å². The van der Waals surface area contributed by atoms with Crippen molar-refractivity contribution in [1.29, 1.82) is 0 Å². The van der Waals surface area contributed by atoms with Crippen molar-refractivity contribution in [1.82, 2.24) is 20.1 Å². The van der Waals surface area contributed by atoms with Crippen LogP contribution < -0.4 is 15.0 Å². The van der Waals surface area contributed by atoms with Gasteiger partial charge < -0.3 is 29.9 Å². The Morgan fingerprint density at radius 1 is 1.23 bits per heavy atom. The fourth-order valence-corrected chi connectivity index (χ4v) is 4.25. The standard InChI is InChI=1S/C25H34FN5O4/c1-5-17-16-30(25(33)34)14-15-31(17)20-10-9-18(19-8-7-11-28-24(19)35-6-2)22(26)21(20)23(32)27-12-13-29(3)4/h7-11,17H,5-6,12-16H2,1-4H3,(H,27,32)(H,33,34)/t17-/m1/s1. The molecule has 0 bridgehead atoms. The van der Waals surface area contributed by atoms with Crippen molar-refractivity contribution in [3.8, 4) is 17.0 Å². The second-order valence-electron chi connectivity index (χ2n) is 8.65. The van der Waals surface area contributed by atoms with E-state index in [2.05, 4.69) is 10.3 Å². The number of carboxylic acid groups (broad SMARTS) is 1. The van der Waals surface area contributed by atoms with E-state index in [1.54, 1.807) is 30.5 Å². The Kier molecular flexibility index (Phi) is 8.86. The molecule has 3 rings (SSSR count). The number of likely N-dealkylation sites (N-methyl/N-ethyl adjacent to an activating group) is 1. The van der Waals surface area contributed by atoms with E-state index >= 15 is 4.39 Å². The summed E-state index contributed by atoms with van der Waals surface area (Å²) in [6, 6.07) is 6.60. The maximum Gasteiger partial charge on any atom is 0.407 e. The van der Waals surface area contributed by atoms with E-state index in [1.165, 1.54) is 4.90 Å². The summed E-state index contributed by atoms with van der Waals surface area (Å²) in [5.74, 6) is -0.880. The number of rotatable bonds is 9. The summed E-state index contributed by atoms with van der Waals surface area (Å²) >= 11 is 0. The predicted molar refractivity (Wildman–Crippen MR) is 133 cm³/mol. The number of hydrogen-bond acceptors (Lipinski definition) is 6. The Labute approximate surface area is 205 Å². The molecule has 1 aromatic heterocycles. The van der Waals surface area contributed by atoms with Crippen LogP contribution in [0.15, 0.2) is 30.5 Å². The van der Waals surface area contributed by atoms with Crippen molar-refractivity contribution in [3.05, 3.63) is 41.8 Å². The van der Waals surface area contributed by atoms with Gasteiger partial charge in [0, 0.05) is 56.1 Å². The zero-order valence-electron chi connectivity index (χ0n) is 20.8. The minimum atomic E-state index is -0.980. The minimum absolute atomic E-state index is 0.0604. The predicted octanol–water partition coefficient (Wildman–Crippen LogP) is 3.16. The molecule has 0 radical (unpaired) electrons. The number of halogens is 1. The second-order valence-corrected chi connectivity index (χ2v) is 8.65. The highest BCUT2D eigenvalue weighted by molar-refractivity contribution is 6.02. The maximum absolute atomic E-state index is 16.2. The Morgan fingerprint density at radius 3 is 2.66 bits per heavy atom. The van der Waals surface area contributed by atoms with Crippen LogP contribution >= 0.6 is 0 Å². The molecule has 0 spiro atoms. The SMILES string of the molecule is CCOc1ncccc1-c1ccc(N2CCN(C(=O)O)C[C@H]2CC)c(C(=O)NCCN(C)C)c1F. The number of piperazine rings is 1. The number of carbonyl (C=O) groups excluding carboxylic acids is 1. The van der Waals surface area contributed by atoms with Gasteiger partial charge in [0.2, 0.25) is 5.88 Å². The van der Waals surface area contributed by atoms with Crippen LogP contribution in [0.25, 0.3) is 11.1 Å². The molecule has 2 heterocycles. The fraction of sp³-hybridized carbons (Fsp3) is 0.480. The molecule has 1 aromatic carbocycles. The number of amides is 2. The lowest BCUT2D eigenvalue weighted by Crippen LogP contribution is -2.55. The Balaban J connectivity index is 2.08. The smallest absolute Gasteiger partial charge is 0.407 e. The van der Waals surface area contributed by atoms with Gasteiger partial charge in [-0.05, 0) is 51.7 Å². The highest BCUT2D eigenvalue weighted by atomic mass is 19.1. The lowest BCUT2D eigenvalue weighted by Gasteiger charge is -2.42. The molecule has 0 unspecified atom stereocenters. The molecular formula is C25H34FN5O4. The first kappa shape index (κ1) is 26.2. The van der Waals surface area contributed by atoms with Crippen molar-refractivity contribution < 1.29 is 23.8 Å². The van der Waals surface area contributed by atoms with Gasteiger partial charge in [0.1, 0.15) is 5.82 Å². The summed E-state index contributed by atoms with van der Waals surface area (Å²) in [6.07, 6.45) is 1.24. The number of anilines is 1. The van der Waals surface area contributed by atoms with Crippen LogP contribution in [0.4, 0.5) is 14.9 Å². The number of aromatic nitrogens is 1. The second kappa shape index (κ2) is 11.8. The molecule has 1 atom stereocenters. The van der Waals surface area contributed by atoms with Crippen molar-refractivity contribution in [3.63, 3.8) is 0 Å². The van der Waals surface area contributed by atoms with Crippen LogP contribution in [0.1, 0.15) is 30.6 Å². The summed E-state index contributed by atoms with van der Waals surface area (Å²) < 4.78 is 21.8. The minimum Gasteiger partial charge on any atom is -0.478 e. The lowest BCUT2D eigenvalue weighted by atomic mass is 9.98. The first-order chi connectivity index (χ1) is 16.8. The van der Waals surface area contributed by atoms with Crippen molar-refractivity contribution in [2.24, 2.45) is 0 Å². The maximum atomic E-state index is 16.2. The van der Waals surface area contributed by atoms with Gasteiger partial charge in [-0.15, -0.1) is 0 Å². The van der Waals surface area contributed by atoms with E-state index in [1.807, 2.05) is 37.7 Å². The van der Waals surface area contributed by atoms with Crippen LogP contribution in [0.5, 0.6) is 5.88 Å². The Hall–Kier alpha value is -3.40. The van der Waals surface area contributed by atoms with E-state index in [9.17, 15) is 14.7 Å². The van der Waals surface area contributed by atoms with E-state index in [0.29, 0.717) is 49.8 Å². The summed E-state index contributed by atoms with van der Waals surface area (Å²) in [4.78, 5) is 34.3. The van der Waals surface area contributed by atoms with Gasteiger partial charge in [-0.1, -0.05) is 6.92 Å². The normalized spacial score (nSPS) is 15.9. The van der Waals surface area contributed by atoms with Crippen LogP contribution in [0, 0.1) is 5.82 Å². The average molecular weight is 488 g/mol. The number of hydrogen-bond donors (Lipinski definition) is 2. The molecule has 2 amide bonds. The third kappa shape index (κ3) is 6.00. The molecule has 1 aliphatic rings. The lowest BCUT2D eigenvalue weighted by molar-refractivity contribution is 0.0946. The molecular weight excluding hydrogens is 453 g/mol.